The molecule has 0 bridgehead atoms. The number of sulfone groups is 1. The predicted molar refractivity (Wildman–Crippen MR) is 118 cm³/mol. The van der Waals surface area contributed by atoms with E-state index in [1.807, 2.05) is 6.07 Å². The van der Waals surface area contributed by atoms with Gasteiger partial charge in [0.1, 0.15) is 6.54 Å². The minimum absolute atomic E-state index is 0.0177. The molecule has 2 aromatic carbocycles. The van der Waals surface area contributed by atoms with Crippen LogP contribution >= 0.6 is 0 Å². The molecule has 2 aromatic rings. The molecule has 0 saturated heterocycles. The second-order valence-corrected chi connectivity index (χ2v) is 10.5. The van der Waals surface area contributed by atoms with E-state index in [4.69, 9.17) is 0 Å². The molecule has 1 saturated carbocycles. The average molecular weight is 483 g/mol. The average Bonchev–Trinajstić information content (AvgIpc) is 3.26. The van der Waals surface area contributed by atoms with Crippen LogP contribution in [0.1, 0.15) is 47.2 Å². The fourth-order valence-corrected chi connectivity index (χ4v) is 6.38. The standard InChI is InChI=1S/C23H25F3N2O4S/c1-15-5-6-16(2)19(13-15)33(31,32)22(11-3-4-12-22)21(30)28-18-9-7-17(8-10-18)20(29)27-14-23(24,25)26/h5-10,13H,3-4,11-12,14H2,1-2H3,(H,27,29)(H,28,30). The summed E-state index contributed by atoms with van der Waals surface area (Å²) in [5.41, 5.74) is 1.56. The first-order chi connectivity index (χ1) is 15.4. The van der Waals surface area contributed by atoms with Gasteiger partial charge in [0.15, 0.2) is 14.6 Å². The molecule has 3 rings (SSSR count). The van der Waals surface area contributed by atoms with Crippen LogP contribution in [0.3, 0.4) is 0 Å². The highest BCUT2D eigenvalue weighted by Crippen LogP contribution is 2.42. The van der Waals surface area contributed by atoms with Crippen LogP contribution in [-0.4, -0.2) is 37.7 Å². The van der Waals surface area contributed by atoms with Crippen molar-refractivity contribution in [1.29, 1.82) is 0 Å². The van der Waals surface area contributed by atoms with E-state index in [1.165, 1.54) is 24.3 Å². The maximum absolute atomic E-state index is 13.7. The van der Waals surface area contributed by atoms with E-state index in [-0.39, 0.29) is 29.0 Å². The predicted octanol–water partition coefficient (Wildman–Crippen LogP) is 4.32. The molecule has 10 heteroatoms. The summed E-state index contributed by atoms with van der Waals surface area (Å²) in [6.45, 7) is 2.02. The number of hydrogen-bond acceptors (Lipinski definition) is 4. The maximum Gasteiger partial charge on any atom is 0.405 e. The van der Waals surface area contributed by atoms with Gasteiger partial charge in [-0.3, -0.25) is 9.59 Å². The molecule has 0 aromatic heterocycles. The Bertz CT molecular complexity index is 1150. The summed E-state index contributed by atoms with van der Waals surface area (Å²) in [6, 6.07) is 10.3. The van der Waals surface area contributed by atoms with E-state index < -0.39 is 39.1 Å². The maximum atomic E-state index is 13.7. The molecule has 0 atom stereocenters. The molecule has 0 radical (unpaired) electrons. The van der Waals surface area contributed by atoms with E-state index in [1.54, 1.807) is 31.3 Å². The summed E-state index contributed by atoms with van der Waals surface area (Å²) >= 11 is 0. The Morgan fingerprint density at radius 3 is 2.18 bits per heavy atom. The molecule has 2 N–H and O–H groups in total. The SMILES string of the molecule is Cc1ccc(C)c(S(=O)(=O)C2(C(=O)Nc3ccc(C(=O)NCC(F)(F)F)cc3)CCCC2)c1. The fraction of sp³-hybridized carbons (Fsp3) is 0.391. The number of carbonyl (C=O) groups is 2. The van der Waals surface area contributed by atoms with E-state index in [9.17, 15) is 31.2 Å². The van der Waals surface area contributed by atoms with Gasteiger partial charge >= 0.3 is 6.18 Å². The number of nitrogens with one attached hydrogen (secondary N) is 2. The topological polar surface area (TPSA) is 92.3 Å². The van der Waals surface area contributed by atoms with Crippen molar-refractivity contribution in [3.05, 3.63) is 59.2 Å². The van der Waals surface area contributed by atoms with Gasteiger partial charge in [0, 0.05) is 11.3 Å². The van der Waals surface area contributed by atoms with E-state index in [0.717, 1.165) is 5.56 Å². The summed E-state index contributed by atoms with van der Waals surface area (Å²) in [4.78, 5) is 25.3. The van der Waals surface area contributed by atoms with Crippen molar-refractivity contribution in [2.75, 3.05) is 11.9 Å². The Balaban J connectivity index is 1.83. The molecule has 0 aliphatic heterocycles. The summed E-state index contributed by atoms with van der Waals surface area (Å²) in [5, 5.41) is 4.39. The molecule has 0 unspecified atom stereocenters. The highest BCUT2D eigenvalue weighted by atomic mass is 32.2. The monoisotopic (exact) mass is 482 g/mol. The molecular formula is C23H25F3N2O4S. The molecular weight excluding hydrogens is 457 g/mol. The van der Waals surface area contributed by atoms with Gasteiger partial charge in [0.05, 0.1) is 4.90 Å². The third-order valence-corrected chi connectivity index (χ3v) is 8.47. The Morgan fingerprint density at radius 2 is 1.61 bits per heavy atom. The van der Waals surface area contributed by atoms with Gasteiger partial charge in [-0.05, 0) is 68.1 Å². The lowest BCUT2D eigenvalue weighted by molar-refractivity contribution is -0.123. The lowest BCUT2D eigenvalue weighted by Crippen LogP contribution is -2.47. The van der Waals surface area contributed by atoms with Gasteiger partial charge in [-0.25, -0.2) is 8.42 Å². The molecule has 33 heavy (non-hydrogen) atoms. The van der Waals surface area contributed by atoms with Crippen molar-refractivity contribution < 1.29 is 31.2 Å². The van der Waals surface area contributed by atoms with Crippen LogP contribution in [0, 0.1) is 13.8 Å². The van der Waals surface area contributed by atoms with E-state index >= 15 is 0 Å². The molecule has 0 heterocycles. The van der Waals surface area contributed by atoms with Crippen LogP contribution < -0.4 is 10.6 Å². The lowest BCUT2D eigenvalue weighted by Gasteiger charge is -2.28. The van der Waals surface area contributed by atoms with Crippen molar-refractivity contribution in [2.45, 2.75) is 55.3 Å². The summed E-state index contributed by atoms with van der Waals surface area (Å²) in [6.07, 6.45) is -2.97. The first-order valence-electron chi connectivity index (χ1n) is 10.4. The van der Waals surface area contributed by atoms with Crippen molar-refractivity contribution in [2.24, 2.45) is 0 Å². The second-order valence-electron chi connectivity index (χ2n) is 8.30. The van der Waals surface area contributed by atoms with Crippen molar-refractivity contribution in [3.8, 4) is 0 Å². The number of halogens is 3. The third-order valence-electron chi connectivity index (χ3n) is 5.83. The van der Waals surface area contributed by atoms with Gasteiger partial charge in [-0.1, -0.05) is 25.0 Å². The molecule has 1 fully saturated rings. The van der Waals surface area contributed by atoms with Crippen LogP contribution in [-0.2, 0) is 14.6 Å². The zero-order valence-electron chi connectivity index (χ0n) is 18.3. The molecule has 1 aliphatic rings. The molecule has 1 aliphatic carbocycles. The molecule has 0 spiro atoms. The van der Waals surface area contributed by atoms with Crippen molar-refractivity contribution in [1.82, 2.24) is 5.32 Å². The normalized spacial score (nSPS) is 15.8. The largest absolute Gasteiger partial charge is 0.405 e. The zero-order chi connectivity index (χ0) is 24.4. The number of carbonyl (C=O) groups excluding carboxylic acids is 2. The number of alkyl halides is 3. The molecule has 178 valence electrons. The van der Waals surface area contributed by atoms with Crippen molar-refractivity contribution >= 4 is 27.3 Å². The third kappa shape index (κ3) is 5.21. The molecule has 2 amide bonds. The number of aryl methyl sites for hydroxylation is 2. The summed E-state index contributed by atoms with van der Waals surface area (Å²) < 4.78 is 62.5. The van der Waals surface area contributed by atoms with Crippen LogP contribution in [0.2, 0.25) is 0 Å². The lowest BCUT2D eigenvalue weighted by atomic mass is 10.1. The first-order valence-corrected chi connectivity index (χ1v) is 11.9. The molecule has 6 nitrogen and oxygen atoms in total. The van der Waals surface area contributed by atoms with Gasteiger partial charge in [0.25, 0.3) is 5.91 Å². The van der Waals surface area contributed by atoms with Gasteiger partial charge in [-0.15, -0.1) is 0 Å². The Hall–Kier alpha value is -2.88. The second kappa shape index (κ2) is 9.17. The minimum atomic E-state index is -4.53. The number of anilines is 1. The summed E-state index contributed by atoms with van der Waals surface area (Å²) in [5.74, 6) is -1.56. The van der Waals surface area contributed by atoms with Crippen molar-refractivity contribution in [3.63, 3.8) is 0 Å². The first kappa shape index (κ1) is 24.8. The van der Waals surface area contributed by atoms with Crippen LogP contribution in [0.4, 0.5) is 18.9 Å². The Kier molecular flexibility index (Phi) is 6.88. The highest BCUT2D eigenvalue weighted by molar-refractivity contribution is 7.93. The highest BCUT2D eigenvalue weighted by Gasteiger charge is 2.53. The Labute approximate surface area is 190 Å². The number of rotatable bonds is 6. The van der Waals surface area contributed by atoms with E-state index in [0.29, 0.717) is 18.4 Å². The smallest absolute Gasteiger partial charge is 0.343 e. The Morgan fingerprint density at radius 1 is 1.00 bits per heavy atom. The number of hydrogen-bond donors (Lipinski definition) is 2. The number of benzene rings is 2. The van der Waals surface area contributed by atoms with E-state index in [2.05, 4.69) is 5.32 Å². The van der Waals surface area contributed by atoms with Crippen LogP contribution in [0.15, 0.2) is 47.4 Å². The van der Waals surface area contributed by atoms with Crippen LogP contribution in [0.25, 0.3) is 0 Å². The van der Waals surface area contributed by atoms with Gasteiger partial charge < -0.3 is 10.6 Å². The van der Waals surface area contributed by atoms with Gasteiger partial charge in [0.2, 0.25) is 5.91 Å². The zero-order valence-corrected chi connectivity index (χ0v) is 19.1. The number of amides is 2. The van der Waals surface area contributed by atoms with Gasteiger partial charge in [-0.2, -0.15) is 13.2 Å². The minimum Gasteiger partial charge on any atom is -0.343 e. The fourth-order valence-electron chi connectivity index (χ4n) is 4.00. The quantitative estimate of drug-likeness (QED) is 0.642. The summed E-state index contributed by atoms with van der Waals surface area (Å²) in [7, 11) is -4.00. The van der Waals surface area contributed by atoms with Crippen LogP contribution in [0.5, 0.6) is 0 Å².